The minimum absolute atomic E-state index is 0.102. The molecule has 0 saturated carbocycles. The molecule has 1 heterocycles. The summed E-state index contributed by atoms with van der Waals surface area (Å²) in [7, 11) is 0. The third-order valence-corrected chi connectivity index (χ3v) is 3.94. The van der Waals surface area contributed by atoms with Crippen LogP contribution in [0, 0.1) is 0 Å². The lowest BCUT2D eigenvalue weighted by molar-refractivity contribution is -0.137. The standard InChI is InChI=1S/C13H21NO3S/c1-2-17-13(16)7-5-3-4-6-9-14-12(11-15)8-10-18-14/h5,7,11-12H,2-4,6,8-10H2,1H3. The molecule has 0 aromatic rings. The molecule has 1 rings (SSSR count). The van der Waals surface area contributed by atoms with Gasteiger partial charge < -0.3 is 9.53 Å². The van der Waals surface area contributed by atoms with E-state index in [4.69, 9.17) is 4.74 Å². The van der Waals surface area contributed by atoms with Gasteiger partial charge in [-0.3, -0.25) is 0 Å². The molecular weight excluding hydrogens is 250 g/mol. The van der Waals surface area contributed by atoms with Gasteiger partial charge in [0.25, 0.3) is 0 Å². The Kier molecular flexibility index (Phi) is 7.76. The van der Waals surface area contributed by atoms with Gasteiger partial charge in [0.15, 0.2) is 0 Å². The van der Waals surface area contributed by atoms with Gasteiger partial charge in [0.2, 0.25) is 0 Å². The first kappa shape index (κ1) is 15.2. The Morgan fingerprint density at radius 2 is 2.33 bits per heavy atom. The van der Waals surface area contributed by atoms with Crippen LogP contribution >= 0.6 is 11.9 Å². The minimum Gasteiger partial charge on any atom is -0.463 e. The lowest BCUT2D eigenvalue weighted by atomic mass is 10.2. The molecule has 5 heteroatoms. The molecule has 0 spiro atoms. The monoisotopic (exact) mass is 271 g/mol. The number of aldehydes is 1. The average Bonchev–Trinajstić information content (AvgIpc) is 2.81. The average molecular weight is 271 g/mol. The van der Waals surface area contributed by atoms with Crippen LogP contribution in [0.1, 0.15) is 32.6 Å². The van der Waals surface area contributed by atoms with Crippen LogP contribution in [0.25, 0.3) is 0 Å². The van der Waals surface area contributed by atoms with Crippen molar-refractivity contribution in [2.24, 2.45) is 0 Å². The fourth-order valence-electron chi connectivity index (χ4n) is 1.80. The zero-order chi connectivity index (χ0) is 13.2. The van der Waals surface area contributed by atoms with Crippen molar-refractivity contribution in [3.63, 3.8) is 0 Å². The number of unbranched alkanes of at least 4 members (excludes halogenated alkanes) is 2. The summed E-state index contributed by atoms with van der Waals surface area (Å²) in [4.78, 5) is 21.8. The predicted molar refractivity (Wildman–Crippen MR) is 73.3 cm³/mol. The number of carbonyl (C=O) groups excluding carboxylic acids is 2. The molecule has 0 N–H and O–H groups in total. The van der Waals surface area contributed by atoms with Gasteiger partial charge in [-0.1, -0.05) is 18.0 Å². The SMILES string of the molecule is CCOC(=O)C=CCCCCN1SCCC1C=O. The first-order chi connectivity index (χ1) is 8.77. The van der Waals surface area contributed by atoms with Gasteiger partial charge in [-0.2, -0.15) is 0 Å². The van der Waals surface area contributed by atoms with Crippen molar-refractivity contribution in [3.8, 4) is 0 Å². The number of allylic oxidation sites excluding steroid dienone is 1. The van der Waals surface area contributed by atoms with Crippen LogP contribution in [0.5, 0.6) is 0 Å². The summed E-state index contributed by atoms with van der Waals surface area (Å²) in [5.74, 6) is 0.778. The largest absolute Gasteiger partial charge is 0.463 e. The number of esters is 1. The van der Waals surface area contributed by atoms with Crippen LogP contribution in [0.3, 0.4) is 0 Å². The van der Waals surface area contributed by atoms with Crippen LogP contribution < -0.4 is 0 Å². The number of carbonyl (C=O) groups is 2. The van der Waals surface area contributed by atoms with E-state index in [2.05, 4.69) is 4.31 Å². The van der Waals surface area contributed by atoms with Gasteiger partial charge >= 0.3 is 5.97 Å². The summed E-state index contributed by atoms with van der Waals surface area (Å²) >= 11 is 1.76. The Morgan fingerprint density at radius 1 is 1.50 bits per heavy atom. The maximum atomic E-state index is 11.0. The first-order valence-corrected chi connectivity index (χ1v) is 7.40. The maximum Gasteiger partial charge on any atom is 0.330 e. The Morgan fingerprint density at radius 3 is 3.06 bits per heavy atom. The van der Waals surface area contributed by atoms with E-state index in [-0.39, 0.29) is 12.0 Å². The van der Waals surface area contributed by atoms with Crippen molar-refractivity contribution in [1.29, 1.82) is 0 Å². The van der Waals surface area contributed by atoms with Gasteiger partial charge in [-0.25, -0.2) is 9.10 Å². The predicted octanol–water partition coefficient (Wildman–Crippen LogP) is 2.20. The van der Waals surface area contributed by atoms with Crippen molar-refractivity contribution in [1.82, 2.24) is 4.31 Å². The highest BCUT2D eigenvalue weighted by Crippen LogP contribution is 2.25. The molecule has 1 aliphatic rings. The highest BCUT2D eigenvalue weighted by Gasteiger charge is 2.23. The molecule has 0 radical (unpaired) electrons. The third-order valence-electron chi connectivity index (χ3n) is 2.74. The molecule has 102 valence electrons. The van der Waals surface area contributed by atoms with Gasteiger partial charge in [0, 0.05) is 18.4 Å². The molecule has 0 amide bonds. The lowest BCUT2D eigenvalue weighted by Gasteiger charge is -2.17. The quantitative estimate of drug-likeness (QED) is 0.223. The number of nitrogens with zero attached hydrogens (tertiary/aromatic N) is 1. The summed E-state index contributed by atoms with van der Waals surface area (Å²) in [6.45, 7) is 3.16. The molecule has 0 aromatic carbocycles. The van der Waals surface area contributed by atoms with Crippen LogP contribution in [-0.2, 0) is 14.3 Å². The third kappa shape index (κ3) is 5.69. The summed E-state index contributed by atoms with van der Waals surface area (Å²) in [6, 6.07) is 0.102. The Bertz CT molecular complexity index is 294. The van der Waals surface area contributed by atoms with Gasteiger partial charge in [0.1, 0.15) is 6.29 Å². The fourth-order valence-corrected chi connectivity index (χ4v) is 2.98. The Labute approximate surface area is 113 Å². The number of ether oxygens (including phenoxy) is 1. The highest BCUT2D eigenvalue weighted by atomic mass is 32.2. The zero-order valence-electron chi connectivity index (χ0n) is 10.8. The summed E-state index contributed by atoms with van der Waals surface area (Å²) in [5, 5.41) is 0. The molecule has 0 aromatic heterocycles. The Hall–Kier alpha value is -0.810. The first-order valence-electron chi connectivity index (χ1n) is 6.46. The highest BCUT2D eigenvalue weighted by molar-refractivity contribution is 7.97. The van der Waals surface area contributed by atoms with Crippen molar-refractivity contribution >= 4 is 24.2 Å². The molecule has 1 aliphatic heterocycles. The second kappa shape index (κ2) is 9.16. The molecule has 4 nitrogen and oxygen atoms in total. The molecule has 18 heavy (non-hydrogen) atoms. The normalized spacial score (nSPS) is 20.4. The van der Waals surface area contributed by atoms with E-state index in [1.165, 1.54) is 6.08 Å². The molecule has 1 saturated heterocycles. The number of rotatable bonds is 8. The molecule has 1 fully saturated rings. The topological polar surface area (TPSA) is 46.6 Å². The van der Waals surface area contributed by atoms with Gasteiger partial charge in [-0.05, 0) is 32.6 Å². The summed E-state index contributed by atoms with van der Waals surface area (Å²) in [5.41, 5.74) is 0. The van der Waals surface area contributed by atoms with Crippen molar-refractivity contribution in [2.75, 3.05) is 18.9 Å². The van der Waals surface area contributed by atoms with Crippen LogP contribution in [0.2, 0.25) is 0 Å². The summed E-state index contributed by atoms with van der Waals surface area (Å²) < 4.78 is 6.95. The molecule has 1 unspecified atom stereocenters. The van der Waals surface area contributed by atoms with Crippen molar-refractivity contribution < 1.29 is 14.3 Å². The number of hydrogen-bond acceptors (Lipinski definition) is 5. The van der Waals surface area contributed by atoms with Crippen LogP contribution in [0.4, 0.5) is 0 Å². The van der Waals surface area contributed by atoms with Crippen molar-refractivity contribution in [2.45, 2.75) is 38.6 Å². The number of hydrogen-bond donors (Lipinski definition) is 0. The molecule has 0 bridgehead atoms. The molecule has 1 atom stereocenters. The van der Waals surface area contributed by atoms with E-state index in [0.717, 1.165) is 44.3 Å². The zero-order valence-corrected chi connectivity index (χ0v) is 11.7. The molecular formula is C13H21NO3S. The van der Waals surface area contributed by atoms with Gasteiger partial charge in [0.05, 0.1) is 12.6 Å². The lowest BCUT2D eigenvalue weighted by Crippen LogP contribution is -2.26. The molecule has 0 aliphatic carbocycles. The van der Waals surface area contributed by atoms with Crippen LogP contribution in [0.15, 0.2) is 12.2 Å². The smallest absolute Gasteiger partial charge is 0.330 e. The summed E-state index contributed by atoms with van der Waals surface area (Å²) in [6.07, 6.45) is 8.30. The van der Waals surface area contributed by atoms with E-state index in [1.54, 1.807) is 18.9 Å². The van der Waals surface area contributed by atoms with E-state index in [0.29, 0.717) is 6.61 Å². The van der Waals surface area contributed by atoms with E-state index >= 15 is 0 Å². The minimum atomic E-state index is -0.270. The Balaban J connectivity index is 2.04. The van der Waals surface area contributed by atoms with Crippen LogP contribution in [-0.4, -0.2) is 41.5 Å². The fraction of sp³-hybridized carbons (Fsp3) is 0.692. The second-order valence-corrected chi connectivity index (χ2v) is 5.25. The van der Waals surface area contributed by atoms with Crippen molar-refractivity contribution in [3.05, 3.63) is 12.2 Å². The van der Waals surface area contributed by atoms with E-state index < -0.39 is 0 Å². The van der Waals surface area contributed by atoms with Gasteiger partial charge in [-0.15, -0.1) is 0 Å². The van der Waals surface area contributed by atoms with E-state index in [9.17, 15) is 9.59 Å². The maximum absolute atomic E-state index is 11.0. The van der Waals surface area contributed by atoms with E-state index in [1.807, 2.05) is 6.08 Å². The second-order valence-electron chi connectivity index (χ2n) is 4.12.